The summed E-state index contributed by atoms with van der Waals surface area (Å²) in [7, 11) is 0. The molecule has 0 bridgehead atoms. The number of aldehydes is 1. The van der Waals surface area contributed by atoms with Crippen LogP contribution in [0.5, 0.6) is 5.75 Å². The molecule has 80 valence electrons. The van der Waals surface area contributed by atoms with Gasteiger partial charge < -0.3 is 9.84 Å². The standard InChI is InChI=1S/C10H9BrO4/c1-6(10(13)14)15-9-3-2-8(11)4-7(9)5-12/h2-6H,1H3,(H,13,14)/t6-/m1/s1. The van der Waals surface area contributed by atoms with Crippen LogP contribution in [0, 0.1) is 0 Å². The molecule has 0 amide bonds. The van der Waals surface area contributed by atoms with Crippen molar-refractivity contribution in [3.63, 3.8) is 0 Å². The second-order valence-electron chi connectivity index (χ2n) is 2.90. The molecule has 1 atom stereocenters. The minimum Gasteiger partial charge on any atom is -0.479 e. The minimum atomic E-state index is -1.07. The maximum Gasteiger partial charge on any atom is 0.344 e. The topological polar surface area (TPSA) is 63.6 Å². The maximum atomic E-state index is 10.7. The SMILES string of the molecule is C[C@@H](Oc1ccc(Br)cc1C=O)C(=O)O. The molecule has 0 aliphatic heterocycles. The van der Waals surface area contributed by atoms with Crippen molar-refractivity contribution < 1.29 is 19.4 Å². The summed E-state index contributed by atoms with van der Waals surface area (Å²) in [6, 6.07) is 4.79. The summed E-state index contributed by atoms with van der Waals surface area (Å²) >= 11 is 3.20. The van der Waals surface area contributed by atoms with Crippen molar-refractivity contribution in [1.82, 2.24) is 0 Å². The van der Waals surface area contributed by atoms with Crippen LogP contribution in [0.2, 0.25) is 0 Å². The van der Waals surface area contributed by atoms with Crippen LogP contribution in [0.4, 0.5) is 0 Å². The van der Waals surface area contributed by atoms with Crippen LogP contribution in [0.25, 0.3) is 0 Å². The second kappa shape index (κ2) is 4.93. The van der Waals surface area contributed by atoms with Gasteiger partial charge in [0.25, 0.3) is 0 Å². The molecular formula is C10H9BrO4. The highest BCUT2D eigenvalue weighted by Crippen LogP contribution is 2.22. The summed E-state index contributed by atoms with van der Waals surface area (Å²) in [4.78, 5) is 21.2. The quantitative estimate of drug-likeness (QED) is 0.853. The number of halogens is 1. The third-order valence-electron chi connectivity index (χ3n) is 1.75. The van der Waals surface area contributed by atoms with E-state index in [1.807, 2.05) is 0 Å². The van der Waals surface area contributed by atoms with Gasteiger partial charge in [0.2, 0.25) is 0 Å². The lowest BCUT2D eigenvalue weighted by atomic mass is 10.2. The fraction of sp³-hybridized carbons (Fsp3) is 0.200. The van der Waals surface area contributed by atoms with Crippen LogP contribution >= 0.6 is 15.9 Å². The first-order valence-electron chi connectivity index (χ1n) is 4.18. The highest BCUT2D eigenvalue weighted by molar-refractivity contribution is 9.10. The summed E-state index contributed by atoms with van der Waals surface area (Å²) in [6.07, 6.45) is -0.362. The highest BCUT2D eigenvalue weighted by Gasteiger charge is 2.14. The van der Waals surface area contributed by atoms with E-state index in [9.17, 15) is 9.59 Å². The Balaban J connectivity index is 2.94. The molecule has 1 rings (SSSR count). The van der Waals surface area contributed by atoms with Crippen molar-refractivity contribution in [3.05, 3.63) is 28.2 Å². The number of aliphatic carboxylic acids is 1. The Morgan fingerprint density at radius 2 is 2.27 bits per heavy atom. The summed E-state index contributed by atoms with van der Waals surface area (Å²) in [5, 5.41) is 8.64. The molecule has 0 saturated heterocycles. The van der Waals surface area contributed by atoms with E-state index in [0.717, 1.165) is 4.47 Å². The van der Waals surface area contributed by atoms with Crippen molar-refractivity contribution in [1.29, 1.82) is 0 Å². The van der Waals surface area contributed by atoms with Crippen LogP contribution in [-0.4, -0.2) is 23.5 Å². The molecule has 0 aliphatic rings. The Kier molecular flexibility index (Phi) is 3.85. The van der Waals surface area contributed by atoms with Crippen LogP contribution < -0.4 is 4.74 Å². The molecule has 1 N–H and O–H groups in total. The number of carbonyl (C=O) groups is 2. The van der Waals surface area contributed by atoms with Crippen LogP contribution in [0.1, 0.15) is 17.3 Å². The second-order valence-corrected chi connectivity index (χ2v) is 3.81. The van der Waals surface area contributed by atoms with Gasteiger partial charge in [0.15, 0.2) is 12.4 Å². The van der Waals surface area contributed by atoms with Gasteiger partial charge in [-0.15, -0.1) is 0 Å². The van der Waals surface area contributed by atoms with Gasteiger partial charge >= 0.3 is 5.97 Å². The van der Waals surface area contributed by atoms with Crippen LogP contribution in [-0.2, 0) is 4.79 Å². The highest BCUT2D eigenvalue weighted by atomic mass is 79.9. The molecule has 4 nitrogen and oxygen atoms in total. The van der Waals surface area contributed by atoms with E-state index in [1.165, 1.54) is 6.92 Å². The van der Waals surface area contributed by atoms with E-state index in [0.29, 0.717) is 11.8 Å². The number of ether oxygens (including phenoxy) is 1. The van der Waals surface area contributed by atoms with E-state index in [1.54, 1.807) is 18.2 Å². The fourth-order valence-corrected chi connectivity index (χ4v) is 1.34. The molecule has 0 heterocycles. The predicted octanol–water partition coefficient (Wildman–Crippen LogP) is 2.11. The molecule has 0 aliphatic carbocycles. The molecule has 15 heavy (non-hydrogen) atoms. The lowest BCUT2D eigenvalue weighted by Gasteiger charge is -2.11. The largest absolute Gasteiger partial charge is 0.479 e. The third kappa shape index (κ3) is 3.06. The number of hydrogen-bond donors (Lipinski definition) is 1. The fourth-order valence-electron chi connectivity index (χ4n) is 0.960. The normalized spacial score (nSPS) is 11.9. The molecule has 0 aromatic heterocycles. The number of carbonyl (C=O) groups excluding carboxylic acids is 1. The number of carboxylic acid groups (broad SMARTS) is 1. The lowest BCUT2D eigenvalue weighted by molar-refractivity contribution is -0.144. The van der Waals surface area contributed by atoms with Gasteiger partial charge in [0.1, 0.15) is 5.75 Å². The van der Waals surface area contributed by atoms with Gasteiger partial charge in [-0.05, 0) is 25.1 Å². The van der Waals surface area contributed by atoms with E-state index < -0.39 is 12.1 Å². The first kappa shape index (κ1) is 11.7. The van der Waals surface area contributed by atoms with E-state index in [4.69, 9.17) is 9.84 Å². The number of hydrogen-bond acceptors (Lipinski definition) is 3. The molecular weight excluding hydrogens is 264 g/mol. The van der Waals surface area contributed by atoms with Gasteiger partial charge in [-0.3, -0.25) is 4.79 Å². The average molecular weight is 273 g/mol. The van der Waals surface area contributed by atoms with Crippen molar-refractivity contribution in [2.75, 3.05) is 0 Å². The molecule has 0 radical (unpaired) electrons. The lowest BCUT2D eigenvalue weighted by Crippen LogP contribution is -2.23. The molecule has 0 spiro atoms. The minimum absolute atomic E-state index is 0.267. The zero-order chi connectivity index (χ0) is 11.4. The van der Waals surface area contributed by atoms with Gasteiger partial charge in [-0.2, -0.15) is 0 Å². The Bertz CT molecular complexity index is 389. The third-order valence-corrected chi connectivity index (χ3v) is 2.24. The molecule has 0 unspecified atom stereocenters. The molecule has 0 saturated carbocycles. The maximum absolute atomic E-state index is 10.7. The zero-order valence-corrected chi connectivity index (χ0v) is 9.52. The van der Waals surface area contributed by atoms with Gasteiger partial charge in [0, 0.05) is 4.47 Å². The Morgan fingerprint density at radius 3 is 2.80 bits per heavy atom. The monoisotopic (exact) mass is 272 g/mol. The molecule has 1 aromatic rings. The van der Waals surface area contributed by atoms with Gasteiger partial charge in [-0.25, -0.2) is 4.79 Å². The van der Waals surface area contributed by atoms with E-state index >= 15 is 0 Å². The van der Waals surface area contributed by atoms with E-state index in [-0.39, 0.29) is 5.75 Å². The Morgan fingerprint density at radius 1 is 1.60 bits per heavy atom. The van der Waals surface area contributed by atoms with Crippen LogP contribution in [0.15, 0.2) is 22.7 Å². The van der Waals surface area contributed by atoms with Crippen molar-refractivity contribution >= 4 is 28.2 Å². The Hall–Kier alpha value is -1.36. The van der Waals surface area contributed by atoms with Gasteiger partial charge in [0.05, 0.1) is 5.56 Å². The predicted molar refractivity (Wildman–Crippen MR) is 57.3 cm³/mol. The Labute approximate surface area is 95.0 Å². The van der Waals surface area contributed by atoms with Gasteiger partial charge in [-0.1, -0.05) is 15.9 Å². The van der Waals surface area contributed by atoms with Crippen LogP contribution in [0.3, 0.4) is 0 Å². The van der Waals surface area contributed by atoms with Crippen molar-refractivity contribution in [2.24, 2.45) is 0 Å². The molecule has 1 aromatic carbocycles. The summed E-state index contributed by atoms with van der Waals surface area (Å²) < 4.78 is 5.84. The average Bonchev–Trinajstić information content (AvgIpc) is 2.20. The van der Waals surface area contributed by atoms with E-state index in [2.05, 4.69) is 15.9 Å². The summed E-state index contributed by atoms with van der Waals surface area (Å²) in [5.74, 6) is -0.808. The smallest absolute Gasteiger partial charge is 0.344 e. The first-order chi connectivity index (χ1) is 7.04. The molecule has 0 fully saturated rings. The van der Waals surface area contributed by atoms with Crippen molar-refractivity contribution in [2.45, 2.75) is 13.0 Å². The number of carboxylic acids is 1. The summed E-state index contributed by atoms with van der Waals surface area (Å²) in [6.45, 7) is 1.40. The zero-order valence-electron chi connectivity index (χ0n) is 7.94. The number of rotatable bonds is 4. The molecule has 5 heteroatoms. The first-order valence-corrected chi connectivity index (χ1v) is 4.98. The summed E-state index contributed by atoms with van der Waals surface area (Å²) in [5.41, 5.74) is 0.317. The number of benzene rings is 1. The van der Waals surface area contributed by atoms with Crippen molar-refractivity contribution in [3.8, 4) is 5.75 Å².